The Labute approximate surface area is 185 Å². The number of ether oxygens (including phenoxy) is 1. The Morgan fingerprint density at radius 3 is 2.45 bits per heavy atom. The van der Waals surface area contributed by atoms with Crippen LogP contribution in [0.3, 0.4) is 0 Å². The first-order chi connectivity index (χ1) is 15.1. The lowest BCUT2D eigenvalue weighted by Gasteiger charge is -2.15. The summed E-state index contributed by atoms with van der Waals surface area (Å²) in [5, 5.41) is 3.45. The molecule has 1 saturated heterocycles. The summed E-state index contributed by atoms with van der Waals surface area (Å²) in [6, 6.07) is 20.0. The van der Waals surface area contributed by atoms with Crippen LogP contribution in [0.1, 0.15) is 12.5 Å². The van der Waals surface area contributed by atoms with Crippen molar-refractivity contribution in [1.29, 1.82) is 0 Å². The van der Waals surface area contributed by atoms with Crippen LogP contribution in [0, 0.1) is 11.8 Å². The number of benzene rings is 2. The molecule has 0 saturated carbocycles. The zero-order valence-corrected chi connectivity index (χ0v) is 18.2. The molecule has 1 aliphatic rings. The van der Waals surface area contributed by atoms with Gasteiger partial charge in [-0.15, -0.1) is 0 Å². The van der Waals surface area contributed by atoms with Gasteiger partial charge in [0.2, 0.25) is 5.91 Å². The lowest BCUT2D eigenvalue weighted by Crippen LogP contribution is -2.33. The third-order valence-electron chi connectivity index (χ3n) is 5.36. The number of carbonyl (C=O) groups is 2. The van der Waals surface area contributed by atoms with Gasteiger partial charge in [-0.05, 0) is 18.1 Å². The third-order valence-corrected chi connectivity index (χ3v) is 6.33. The van der Waals surface area contributed by atoms with Crippen molar-refractivity contribution in [3.63, 3.8) is 0 Å². The molecule has 2 aromatic carbocycles. The highest BCUT2D eigenvalue weighted by Gasteiger charge is 2.42. The third kappa shape index (κ3) is 5.18. The van der Waals surface area contributed by atoms with Crippen LogP contribution < -0.4 is 5.32 Å². The molecule has 1 N–H and O–H groups in total. The van der Waals surface area contributed by atoms with Gasteiger partial charge in [0.1, 0.15) is 0 Å². The number of nitrogens with one attached hydrogen (secondary N) is 1. The van der Waals surface area contributed by atoms with Crippen molar-refractivity contribution in [2.24, 2.45) is 11.8 Å². The molecule has 0 spiro atoms. The molecule has 3 aromatic rings. The van der Waals surface area contributed by atoms with E-state index in [1.165, 1.54) is 11.3 Å². The van der Waals surface area contributed by atoms with E-state index in [1.54, 1.807) is 13.1 Å². The second kappa shape index (κ2) is 9.85. The summed E-state index contributed by atoms with van der Waals surface area (Å²) in [5.41, 5.74) is 2.21. The summed E-state index contributed by atoms with van der Waals surface area (Å²) in [4.78, 5) is 33.1. The normalized spacial score (nSPS) is 18.6. The molecule has 2 unspecified atom stereocenters. The zero-order chi connectivity index (χ0) is 21.6. The van der Waals surface area contributed by atoms with E-state index in [4.69, 9.17) is 4.74 Å². The zero-order valence-electron chi connectivity index (χ0n) is 17.4. The highest BCUT2D eigenvalue weighted by Crippen LogP contribution is 2.31. The molecular formula is C24H25N3O3S. The first kappa shape index (κ1) is 21.2. The maximum atomic E-state index is 13.1. The van der Waals surface area contributed by atoms with E-state index in [0.29, 0.717) is 31.4 Å². The number of amides is 1. The first-order valence-electron chi connectivity index (χ1n) is 10.4. The summed E-state index contributed by atoms with van der Waals surface area (Å²) in [5.74, 6) is -1.48. The van der Waals surface area contributed by atoms with Gasteiger partial charge >= 0.3 is 5.97 Å². The SMILES string of the molecule is CCOC(=O)C1CN(Cc2ccccc2)CC1C(=O)Nc1ncc(-c2ccccc2)s1. The fourth-order valence-electron chi connectivity index (χ4n) is 3.88. The van der Waals surface area contributed by atoms with Crippen LogP contribution in [0.5, 0.6) is 0 Å². The Hall–Kier alpha value is -3.03. The van der Waals surface area contributed by atoms with Crippen molar-refractivity contribution in [3.05, 3.63) is 72.4 Å². The molecule has 2 heterocycles. The highest BCUT2D eigenvalue weighted by atomic mass is 32.1. The monoisotopic (exact) mass is 435 g/mol. The van der Waals surface area contributed by atoms with Gasteiger partial charge in [0.25, 0.3) is 0 Å². The lowest BCUT2D eigenvalue weighted by atomic mass is 9.95. The molecule has 160 valence electrons. The number of esters is 1. The van der Waals surface area contributed by atoms with Crippen LogP contribution in [0.15, 0.2) is 66.9 Å². The quantitative estimate of drug-likeness (QED) is 0.567. The average molecular weight is 436 g/mol. The number of likely N-dealkylation sites (tertiary alicyclic amines) is 1. The van der Waals surface area contributed by atoms with E-state index < -0.39 is 11.8 Å². The highest BCUT2D eigenvalue weighted by molar-refractivity contribution is 7.19. The Morgan fingerprint density at radius 1 is 1.06 bits per heavy atom. The van der Waals surface area contributed by atoms with Gasteiger partial charge in [-0.2, -0.15) is 0 Å². The van der Waals surface area contributed by atoms with Crippen LogP contribution >= 0.6 is 11.3 Å². The minimum absolute atomic E-state index is 0.192. The van der Waals surface area contributed by atoms with Crippen LogP contribution in [0.2, 0.25) is 0 Å². The molecule has 1 fully saturated rings. The standard InChI is InChI=1S/C24H25N3O3S/c1-2-30-23(29)20-16-27(14-17-9-5-3-6-10-17)15-19(20)22(28)26-24-25-13-21(31-24)18-11-7-4-8-12-18/h3-13,19-20H,2,14-16H2,1H3,(H,25,26,28). The molecule has 4 rings (SSSR count). The minimum atomic E-state index is -0.489. The van der Waals surface area contributed by atoms with E-state index in [1.807, 2.05) is 60.7 Å². The Bertz CT molecular complexity index is 1020. The van der Waals surface area contributed by atoms with E-state index in [2.05, 4.69) is 15.2 Å². The Kier molecular flexibility index (Phi) is 6.74. The van der Waals surface area contributed by atoms with E-state index in [9.17, 15) is 9.59 Å². The predicted molar refractivity (Wildman–Crippen MR) is 122 cm³/mol. The van der Waals surface area contributed by atoms with E-state index in [-0.39, 0.29) is 11.9 Å². The van der Waals surface area contributed by atoms with Crippen molar-refractivity contribution in [2.75, 3.05) is 25.0 Å². The van der Waals surface area contributed by atoms with Crippen molar-refractivity contribution < 1.29 is 14.3 Å². The topological polar surface area (TPSA) is 71.5 Å². The Balaban J connectivity index is 1.46. The number of thiazole rings is 1. The Morgan fingerprint density at radius 2 is 1.74 bits per heavy atom. The van der Waals surface area contributed by atoms with Gasteiger partial charge in [0.05, 0.1) is 23.3 Å². The van der Waals surface area contributed by atoms with Gasteiger partial charge in [0.15, 0.2) is 5.13 Å². The summed E-state index contributed by atoms with van der Waals surface area (Å²) in [7, 11) is 0. The number of nitrogens with zero attached hydrogens (tertiary/aromatic N) is 2. The molecule has 0 radical (unpaired) electrons. The van der Waals surface area contributed by atoms with Crippen LogP contribution in [0.4, 0.5) is 5.13 Å². The van der Waals surface area contributed by atoms with Crippen LogP contribution in [-0.2, 0) is 20.9 Å². The minimum Gasteiger partial charge on any atom is -0.466 e. The van der Waals surface area contributed by atoms with Gasteiger partial charge in [-0.25, -0.2) is 4.98 Å². The van der Waals surface area contributed by atoms with Gasteiger partial charge < -0.3 is 10.1 Å². The number of carbonyl (C=O) groups excluding carboxylic acids is 2. The van der Waals surface area contributed by atoms with Crippen molar-refractivity contribution in [1.82, 2.24) is 9.88 Å². The molecule has 0 aliphatic carbocycles. The number of rotatable bonds is 7. The van der Waals surface area contributed by atoms with Crippen molar-refractivity contribution in [3.8, 4) is 10.4 Å². The van der Waals surface area contributed by atoms with Crippen LogP contribution in [-0.4, -0.2) is 41.5 Å². The van der Waals surface area contributed by atoms with E-state index in [0.717, 1.165) is 16.0 Å². The number of hydrogen-bond acceptors (Lipinski definition) is 6. The molecule has 6 nitrogen and oxygen atoms in total. The van der Waals surface area contributed by atoms with Gasteiger partial charge in [-0.1, -0.05) is 72.0 Å². The molecule has 1 amide bonds. The van der Waals surface area contributed by atoms with Gasteiger partial charge in [0, 0.05) is 25.8 Å². The number of anilines is 1. The molecule has 0 bridgehead atoms. The summed E-state index contributed by atoms with van der Waals surface area (Å²) in [6.07, 6.45) is 1.76. The number of aromatic nitrogens is 1. The molecule has 31 heavy (non-hydrogen) atoms. The fourth-order valence-corrected chi connectivity index (χ4v) is 4.70. The summed E-state index contributed by atoms with van der Waals surface area (Å²) in [6.45, 7) is 3.77. The molecular weight excluding hydrogens is 410 g/mol. The molecule has 7 heteroatoms. The van der Waals surface area contributed by atoms with Crippen molar-refractivity contribution >= 4 is 28.3 Å². The maximum absolute atomic E-state index is 13.1. The van der Waals surface area contributed by atoms with E-state index >= 15 is 0 Å². The fraction of sp³-hybridized carbons (Fsp3) is 0.292. The second-order valence-corrected chi connectivity index (χ2v) is 8.56. The second-order valence-electron chi connectivity index (χ2n) is 7.53. The lowest BCUT2D eigenvalue weighted by molar-refractivity contribution is -0.150. The molecule has 2 atom stereocenters. The largest absolute Gasteiger partial charge is 0.466 e. The summed E-state index contributed by atoms with van der Waals surface area (Å²) < 4.78 is 5.26. The molecule has 1 aromatic heterocycles. The van der Waals surface area contributed by atoms with Gasteiger partial charge in [-0.3, -0.25) is 14.5 Å². The molecule has 1 aliphatic heterocycles. The predicted octanol–water partition coefficient (Wildman–Crippen LogP) is 4.06. The van der Waals surface area contributed by atoms with Crippen LogP contribution in [0.25, 0.3) is 10.4 Å². The summed E-state index contributed by atoms with van der Waals surface area (Å²) >= 11 is 1.42. The maximum Gasteiger partial charge on any atom is 0.311 e. The smallest absolute Gasteiger partial charge is 0.311 e. The van der Waals surface area contributed by atoms with Crippen molar-refractivity contribution in [2.45, 2.75) is 13.5 Å². The first-order valence-corrected chi connectivity index (χ1v) is 11.2. The average Bonchev–Trinajstić information content (AvgIpc) is 3.43. The number of hydrogen-bond donors (Lipinski definition) is 1.